The summed E-state index contributed by atoms with van der Waals surface area (Å²) in [7, 11) is 1.86. The van der Waals surface area contributed by atoms with Crippen LogP contribution >= 0.6 is 0 Å². The molecule has 0 amide bonds. The van der Waals surface area contributed by atoms with Crippen molar-refractivity contribution in [1.29, 1.82) is 0 Å². The molecule has 0 atom stereocenters. The molecular weight excluding hydrogens is 222 g/mol. The van der Waals surface area contributed by atoms with Crippen LogP contribution in [-0.4, -0.2) is 12.0 Å². The van der Waals surface area contributed by atoms with Crippen LogP contribution in [0.15, 0.2) is 42.5 Å². The molecule has 18 heavy (non-hydrogen) atoms. The number of anilines is 3. The van der Waals surface area contributed by atoms with E-state index in [0.29, 0.717) is 5.92 Å². The summed E-state index contributed by atoms with van der Waals surface area (Å²) in [6, 6.07) is 14.3. The zero-order valence-corrected chi connectivity index (χ0v) is 11.1. The molecule has 1 aromatic carbocycles. The molecule has 0 spiro atoms. The molecule has 2 aromatic rings. The smallest absolute Gasteiger partial charge is 0.132 e. The summed E-state index contributed by atoms with van der Waals surface area (Å²) in [5, 5.41) is 6.32. The summed E-state index contributed by atoms with van der Waals surface area (Å²) < 4.78 is 0. The molecule has 3 nitrogen and oxygen atoms in total. The third kappa shape index (κ3) is 3.00. The first-order valence-electron chi connectivity index (χ1n) is 6.21. The number of hydrogen-bond acceptors (Lipinski definition) is 3. The third-order valence-corrected chi connectivity index (χ3v) is 2.85. The monoisotopic (exact) mass is 241 g/mol. The first-order chi connectivity index (χ1) is 8.69. The zero-order valence-electron chi connectivity index (χ0n) is 11.1. The van der Waals surface area contributed by atoms with E-state index < -0.39 is 0 Å². The normalized spacial score (nSPS) is 10.4. The van der Waals surface area contributed by atoms with Crippen LogP contribution in [0, 0.1) is 0 Å². The van der Waals surface area contributed by atoms with Crippen LogP contribution in [-0.2, 0) is 0 Å². The molecule has 3 heteroatoms. The number of pyridine rings is 1. The van der Waals surface area contributed by atoms with E-state index in [2.05, 4.69) is 53.7 Å². The van der Waals surface area contributed by atoms with Gasteiger partial charge >= 0.3 is 0 Å². The number of nitrogens with zero attached hydrogens (tertiary/aromatic N) is 1. The average Bonchev–Trinajstić information content (AvgIpc) is 2.39. The predicted octanol–water partition coefficient (Wildman–Crippen LogP) is 3.99. The standard InChI is InChI=1S/C15H19N3/c1-11(2)12-7-9-13(10-8-12)17-15-6-4-5-14(16-3)18-15/h4-11H,1-3H3,(H2,16,17,18). The van der Waals surface area contributed by atoms with Gasteiger partial charge in [0.15, 0.2) is 0 Å². The van der Waals surface area contributed by atoms with Crippen molar-refractivity contribution in [1.82, 2.24) is 4.98 Å². The van der Waals surface area contributed by atoms with Crippen molar-refractivity contribution in [3.8, 4) is 0 Å². The lowest BCUT2D eigenvalue weighted by Crippen LogP contribution is -1.97. The second-order valence-electron chi connectivity index (χ2n) is 4.56. The van der Waals surface area contributed by atoms with Crippen LogP contribution in [0.1, 0.15) is 25.3 Å². The summed E-state index contributed by atoms with van der Waals surface area (Å²) in [4.78, 5) is 4.42. The maximum Gasteiger partial charge on any atom is 0.132 e. The Morgan fingerprint density at radius 2 is 1.61 bits per heavy atom. The molecule has 2 rings (SSSR count). The second-order valence-corrected chi connectivity index (χ2v) is 4.56. The molecule has 1 heterocycles. The summed E-state index contributed by atoms with van der Waals surface area (Å²) in [5.74, 6) is 2.27. The van der Waals surface area contributed by atoms with Crippen LogP contribution in [0.3, 0.4) is 0 Å². The van der Waals surface area contributed by atoms with E-state index in [9.17, 15) is 0 Å². The van der Waals surface area contributed by atoms with Crippen molar-refractivity contribution < 1.29 is 0 Å². The van der Waals surface area contributed by atoms with Gasteiger partial charge in [-0.05, 0) is 35.7 Å². The minimum Gasteiger partial charge on any atom is -0.373 e. The zero-order chi connectivity index (χ0) is 13.0. The van der Waals surface area contributed by atoms with E-state index in [0.717, 1.165) is 17.3 Å². The predicted molar refractivity (Wildman–Crippen MR) is 77.6 cm³/mol. The van der Waals surface area contributed by atoms with Crippen molar-refractivity contribution in [2.75, 3.05) is 17.7 Å². The third-order valence-electron chi connectivity index (χ3n) is 2.85. The highest BCUT2D eigenvalue weighted by Crippen LogP contribution is 2.20. The lowest BCUT2D eigenvalue weighted by Gasteiger charge is -2.09. The number of nitrogens with one attached hydrogen (secondary N) is 2. The highest BCUT2D eigenvalue weighted by Gasteiger charge is 2.00. The molecule has 0 aliphatic heterocycles. The summed E-state index contributed by atoms with van der Waals surface area (Å²) in [6.07, 6.45) is 0. The lowest BCUT2D eigenvalue weighted by atomic mass is 10.0. The van der Waals surface area contributed by atoms with Gasteiger partial charge < -0.3 is 10.6 Å². The summed E-state index contributed by atoms with van der Waals surface area (Å²) in [6.45, 7) is 4.39. The van der Waals surface area contributed by atoms with Gasteiger partial charge in [0, 0.05) is 12.7 Å². The van der Waals surface area contributed by atoms with E-state index in [1.54, 1.807) is 0 Å². The number of hydrogen-bond donors (Lipinski definition) is 2. The van der Waals surface area contributed by atoms with E-state index in [1.807, 2.05) is 25.2 Å². The fraction of sp³-hybridized carbons (Fsp3) is 0.267. The minimum absolute atomic E-state index is 0.560. The average molecular weight is 241 g/mol. The molecule has 94 valence electrons. The Morgan fingerprint density at radius 3 is 2.22 bits per heavy atom. The van der Waals surface area contributed by atoms with E-state index in [4.69, 9.17) is 0 Å². The molecule has 1 aromatic heterocycles. The topological polar surface area (TPSA) is 37.0 Å². The van der Waals surface area contributed by atoms with Crippen LogP contribution in [0.5, 0.6) is 0 Å². The Morgan fingerprint density at radius 1 is 0.944 bits per heavy atom. The van der Waals surface area contributed by atoms with E-state index >= 15 is 0 Å². The van der Waals surface area contributed by atoms with Gasteiger partial charge in [-0.3, -0.25) is 0 Å². The molecule has 2 N–H and O–H groups in total. The van der Waals surface area contributed by atoms with Crippen LogP contribution in [0.25, 0.3) is 0 Å². The Bertz CT molecular complexity index is 503. The van der Waals surface area contributed by atoms with Crippen molar-refractivity contribution in [3.63, 3.8) is 0 Å². The van der Waals surface area contributed by atoms with Gasteiger partial charge in [-0.15, -0.1) is 0 Å². The molecule has 0 fully saturated rings. The summed E-state index contributed by atoms with van der Waals surface area (Å²) >= 11 is 0. The Labute approximate surface area is 108 Å². The van der Waals surface area contributed by atoms with Crippen molar-refractivity contribution in [2.45, 2.75) is 19.8 Å². The minimum atomic E-state index is 0.560. The van der Waals surface area contributed by atoms with Gasteiger partial charge in [-0.1, -0.05) is 32.0 Å². The van der Waals surface area contributed by atoms with Gasteiger partial charge in [0.25, 0.3) is 0 Å². The molecule has 0 aliphatic rings. The Balaban J connectivity index is 2.13. The molecule has 0 radical (unpaired) electrons. The molecule has 0 saturated carbocycles. The fourth-order valence-corrected chi connectivity index (χ4v) is 1.74. The van der Waals surface area contributed by atoms with Gasteiger partial charge in [0.05, 0.1) is 0 Å². The molecule has 0 aliphatic carbocycles. The SMILES string of the molecule is CNc1cccc(Nc2ccc(C(C)C)cc2)n1. The van der Waals surface area contributed by atoms with Gasteiger partial charge in [0.1, 0.15) is 11.6 Å². The first kappa shape index (κ1) is 12.4. The van der Waals surface area contributed by atoms with Crippen molar-refractivity contribution in [2.24, 2.45) is 0 Å². The Kier molecular flexibility index (Phi) is 3.82. The van der Waals surface area contributed by atoms with E-state index in [1.165, 1.54) is 5.56 Å². The van der Waals surface area contributed by atoms with Crippen LogP contribution in [0.4, 0.5) is 17.3 Å². The highest BCUT2D eigenvalue weighted by molar-refractivity contribution is 5.58. The lowest BCUT2D eigenvalue weighted by molar-refractivity contribution is 0.867. The van der Waals surface area contributed by atoms with Crippen LogP contribution in [0.2, 0.25) is 0 Å². The second kappa shape index (κ2) is 5.54. The fourth-order valence-electron chi connectivity index (χ4n) is 1.74. The molecule has 0 unspecified atom stereocenters. The van der Waals surface area contributed by atoms with Crippen molar-refractivity contribution >= 4 is 17.3 Å². The number of rotatable bonds is 4. The Hall–Kier alpha value is -2.03. The quantitative estimate of drug-likeness (QED) is 0.849. The number of aromatic nitrogens is 1. The number of benzene rings is 1. The van der Waals surface area contributed by atoms with E-state index in [-0.39, 0.29) is 0 Å². The maximum absolute atomic E-state index is 4.42. The largest absolute Gasteiger partial charge is 0.373 e. The molecule has 0 bridgehead atoms. The van der Waals surface area contributed by atoms with Crippen LogP contribution < -0.4 is 10.6 Å². The van der Waals surface area contributed by atoms with Gasteiger partial charge in [-0.25, -0.2) is 4.98 Å². The molecular formula is C15H19N3. The summed E-state index contributed by atoms with van der Waals surface area (Å²) in [5.41, 5.74) is 2.40. The van der Waals surface area contributed by atoms with Crippen molar-refractivity contribution in [3.05, 3.63) is 48.0 Å². The molecule has 0 saturated heterocycles. The maximum atomic E-state index is 4.42. The first-order valence-corrected chi connectivity index (χ1v) is 6.21. The van der Waals surface area contributed by atoms with Gasteiger partial charge in [0.2, 0.25) is 0 Å². The highest BCUT2D eigenvalue weighted by atomic mass is 15.0. The van der Waals surface area contributed by atoms with Gasteiger partial charge in [-0.2, -0.15) is 0 Å².